The van der Waals surface area contributed by atoms with Crippen LogP contribution in [0.2, 0.25) is 0 Å². The number of anilines is 1. The molecule has 0 atom stereocenters. The molecule has 2 aromatic heterocycles. The average molecular weight is 341 g/mol. The molecular weight excluding hydrogens is 318 g/mol. The summed E-state index contributed by atoms with van der Waals surface area (Å²) in [6, 6.07) is 9.97. The highest BCUT2D eigenvalue weighted by Crippen LogP contribution is 2.13. The number of nitrogens with one attached hydrogen (secondary N) is 1. The number of aliphatic hydroxyl groups excluding tert-OH is 1. The first-order valence-electron chi connectivity index (χ1n) is 8.59. The van der Waals surface area contributed by atoms with Gasteiger partial charge in [0.2, 0.25) is 5.95 Å². The van der Waals surface area contributed by atoms with Crippen LogP contribution in [-0.4, -0.2) is 37.4 Å². The number of nitrogens with zero attached hydrogens (tertiary/aromatic N) is 4. The maximum atomic E-state index is 13.0. The van der Waals surface area contributed by atoms with Gasteiger partial charge in [-0.05, 0) is 18.4 Å². The minimum Gasteiger partial charge on any atom is -0.396 e. The Balaban J connectivity index is 2.02. The summed E-state index contributed by atoms with van der Waals surface area (Å²) in [5.41, 5.74) is 1.98. The van der Waals surface area contributed by atoms with E-state index in [1.165, 1.54) is 0 Å². The SMILES string of the molecule is CCCn1c(NCCCO)nc2ncn(Cc3ccccc3)c2c1=O. The molecular formula is C18H23N5O2. The fourth-order valence-electron chi connectivity index (χ4n) is 2.80. The van der Waals surface area contributed by atoms with Crippen molar-refractivity contribution in [1.82, 2.24) is 19.1 Å². The van der Waals surface area contributed by atoms with Crippen molar-refractivity contribution >= 4 is 17.1 Å². The summed E-state index contributed by atoms with van der Waals surface area (Å²) in [7, 11) is 0. The van der Waals surface area contributed by atoms with Crippen LogP contribution in [0.3, 0.4) is 0 Å². The van der Waals surface area contributed by atoms with Crippen molar-refractivity contribution in [1.29, 1.82) is 0 Å². The van der Waals surface area contributed by atoms with E-state index in [1.54, 1.807) is 10.9 Å². The van der Waals surface area contributed by atoms with Crippen molar-refractivity contribution in [2.24, 2.45) is 0 Å². The zero-order valence-electron chi connectivity index (χ0n) is 14.4. The lowest BCUT2D eigenvalue weighted by atomic mass is 10.2. The number of imidazole rings is 1. The number of aromatic nitrogens is 4. The van der Waals surface area contributed by atoms with Crippen LogP contribution in [0.15, 0.2) is 41.5 Å². The molecule has 0 aliphatic heterocycles. The van der Waals surface area contributed by atoms with Crippen molar-refractivity contribution in [3.8, 4) is 0 Å². The molecule has 132 valence electrons. The Morgan fingerprint density at radius 3 is 2.76 bits per heavy atom. The minimum atomic E-state index is -0.0909. The lowest BCUT2D eigenvalue weighted by Crippen LogP contribution is -2.27. The van der Waals surface area contributed by atoms with Crippen LogP contribution < -0.4 is 10.9 Å². The zero-order valence-corrected chi connectivity index (χ0v) is 14.4. The highest BCUT2D eigenvalue weighted by Gasteiger charge is 2.15. The predicted molar refractivity (Wildman–Crippen MR) is 97.8 cm³/mol. The van der Waals surface area contributed by atoms with Crippen LogP contribution in [0.5, 0.6) is 0 Å². The molecule has 2 heterocycles. The first-order chi connectivity index (χ1) is 12.2. The molecule has 3 rings (SSSR count). The van der Waals surface area contributed by atoms with Gasteiger partial charge in [0.05, 0.1) is 6.33 Å². The fourth-order valence-corrected chi connectivity index (χ4v) is 2.80. The second-order valence-electron chi connectivity index (χ2n) is 5.93. The first kappa shape index (κ1) is 17.2. The topological polar surface area (TPSA) is 85.0 Å². The molecule has 0 aliphatic rings. The Hall–Kier alpha value is -2.67. The summed E-state index contributed by atoms with van der Waals surface area (Å²) in [4.78, 5) is 21.9. The Morgan fingerprint density at radius 1 is 1.24 bits per heavy atom. The smallest absolute Gasteiger partial charge is 0.281 e. The molecule has 0 radical (unpaired) electrons. The third-order valence-electron chi connectivity index (χ3n) is 3.99. The third kappa shape index (κ3) is 3.71. The number of hydrogen-bond acceptors (Lipinski definition) is 5. The van der Waals surface area contributed by atoms with Crippen LogP contribution >= 0.6 is 0 Å². The van der Waals surface area contributed by atoms with Gasteiger partial charge in [0.15, 0.2) is 11.2 Å². The fraction of sp³-hybridized carbons (Fsp3) is 0.389. The molecule has 0 aliphatic carbocycles. The second kappa shape index (κ2) is 7.94. The van der Waals surface area contributed by atoms with Crippen molar-refractivity contribution < 1.29 is 5.11 Å². The van der Waals surface area contributed by atoms with Crippen molar-refractivity contribution in [3.05, 3.63) is 52.6 Å². The summed E-state index contributed by atoms with van der Waals surface area (Å²) in [5.74, 6) is 0.512. The van der Waals surface area contributed by atoms with Gasteiger partial charge in [-0.15, -0.1) is 0 Å². The molecule has 0 bridgehead atoms. The molecule has 7 nitrogen and oxygen atoms in total. The molecule has 0 saturated heterocycles. The Kier molecular flexibility index (Phi) is 5.45. The molecule has 1 aromatic carbocycles. The number of fused-ring (bicyclic) bond motifs is 1. The highest BCUT2D eigenvalue weighted by atomic mass is 16.3. The van der Waals surface area contributed by atoms with Crippen molar-refractivity contribution in [2.45, 2.75) is 32.9 Å². The summed E-state index contributed by atoms with van der Waals surface area (Å²) >= 11 is 0. The minimum absolute atomic E-state index is 0.0909. The quantitative estimate of drug-likeness (QED) is 0.611. The molecule has 2 N–H and O–H groups in total. The van der Waals surface area contributed by atoms with Gasteiger partial charge in [-0.25, -0.2) is 4.98 Å². The normalized spacial score (nSPS) is 11.1. The largest absolute Gasteiger partial charge is 0.396 e. The zero-order chi connectivity index (χ0) is 17.6. The van der Waals surface area contributed by atoms with E-state index in [0.29, 0.717) is 43.2 Å². The van der Waals surface area contributed by atoms with Crippen LogP contribution in [-0.2, 0) is 13.1 Å². The maximum absolute atomic E-state index is 13.0. The summed E-state index contributed by atoms with van der Waals surface area (Å²) in [6.07, 6.45) is 3.09. The van der Waals surface area contributed by atoms with E-state index in [1.807, 2.05) is 41.8 Å². The molecule has 0 amide bonds. The first-order valence-corrected chi connectivity index (χ1v) is 8.59. The molecule has 0 fully saturated rings. The van der Waals surface area contributed by atoms with Crippen LogP contribution in [0.4, 0.5) is 5.95 Å². The van der Waals surface area contributed by atoms with E-state index in [0.717, 1.165) is 12.0 Å². The third-order valence-corrected chi connectivity index (χ3v) is 3.99. The van der Waals surface area contributed by atoms with Gasteiger partial charge in [0.25, 0.3) is 5.56 Å². The van der Waals surface area contributed by atoms with E-state index in [9.17, 15) is 4.79 Å². The lowest BCUT2D eigenvalue weighted by molar-refractivity contribution is 0.292. The summed E-state index contributed by atoms with van der Waals surface area (Å²) in [5, 5.41) is 12.1. The Labute approximate surface area is 146 Å². The van der Waals surface area contributed by atoms with Crippen LogP contribution in [0, 0.1) is 0 Å². The highest BCUT2D eigenvalue weighted by molar-refractivity contribution is 5.71. The molecule has 3 aromatic rings. The maximum Gasteiger partial charge on any atom is 0.281 e. The van der Waals surface area contributed by atoms with Gasteiger partial charge in [-0.3, -0.25) is 9.36 Å². The summed E-state index contributed by atoms with van der Waals surface area (Å²) < 4.78 is 3.51. The van der Waals surface area contributed by atoms with E-state index in [-0.39, 0.29) is 12.2 Å². The lowest BCUT2D eigenvalue weighted by Gasteiger charge is -2.13. The number of benzene rings is 1. The predicted octanol–water partition coefficient (Wildman–Crippen LogP) is 1.85. The van der Waals surface area contributed by atoms with Gasteiger partial charge in [0, 0.05) is 26.2 Å². The molecule has 0 saturated carbocycles. The summed E-state index contributed by atoms with van der Waals surface area (Å²) in [6.45, 7) is 3.84. The molecule has 0 spiro atoms. The average Bonchev–Trinajstić information content (AvgIpc) is 3.02. The van der Waals surface area contributed by atoms with Crippen molar-refractivity contribution in [2.75, 3.05) is 18.5 Å². The van der Waals surface area contributed by atoms with Gasteiger partial charge in [0.1, 0.15) is 0 Å². The van der Waals surface area contributed by atoms with Gasteiger partial charge in [-0.2, -0.15) is 4.98 Å². The van der Waals surface area contributed by atoms with E-state index < -0.39 is 0 Å². The Bertz CT molecular complexity index is 886. The number of rotatable bonds is 8. The van der Waals surface area contributed by atoms with Gasteiger partial charge in [-0.1, -0.05) is 37.3 Å². The van der Waals surface area contributed by atoms with E-state index >= 15 is 0 Å². The van der Waals surface area contributed by atoms with Gasteiger partial charge >= 0.3 is 0 Å². The molecule has 7 heteroatoms. The Morgan fingerprint density at radius 2 is 2.04 bits per heavy atom. The van der Waals surface area contributed by atoms with Gasteiger partial charge < -0.3 is 15.0 Å². The number of aliphatic hydroxyl groups is 1. The van der Waals surface area contributed by atoms with E-state index in [4.69, 9.17) is 5.11 Å². The number of hydrogen-bond donors (Lipinski definition) is 2. The van der Waals surface area contributed by atoms with Crippen molar-refractivity contribution in [3.63, 3.8) is 0 Å². The van der Waals surface area contributed by atoms with Crippen LogP contribution in [0.25, 0.3) is 11.2 Å². The van der Waals surface area contributed by atoms with Crippen LogP contribution in [0.1, 0.15) is 25.3 Å². The molecule has 0 unspecified atom stereocenters. The van der Waals surface area contributed by atoms with E-state index in [2.05, 4.69) is 15.3 Å². The molecule has 25 heavy (non-hydrogen) atoms. The monoisotopic (exact) mass is 341 g/mol. The second-order valence-corrected chi connectivity index (χ2v) is 5.93. The standard InChI is InChI=1S/C18H23N5O2/c1-2-10-23-17(25)15-16(21-18(23)19-9-6-11-24)20-13-22(15)12-14-7-4-3-5-8-14/h3-5,7-8,13,24H,2,6,9-12H2,1H3,(H,19,21).